The predicted octanol–water partition coefficient (Wildman–Crippen LogP) is 2.00. The fourth-order valence-electron chi connectivity index (χ4n) is 2.66. The highest BCUT2D eigenvalue weighted by Crippen LogP contribution is 2.14. The molecule has 0 bridgehead atoms. The fourth-order valence-corrected chi connectivity index (χ4v) is 2.66. The molecule has 3 nitrogen and oxygen atoms in total. The molecule has 1 amide bonds. The van der Waals surface area contributed by atoms with Crippen molar-refractivity contribution in [3.8, 4) is 0 Å². The quantitative estimate of drug-likeness (QED) is 0.898. The van der Waals surface area contributed by atoms with Crippen LogP contribution < -0.4 is 5.32 Å². The molecule has 104 valence electrons. The Morgan fingerprint density at radius 3 is 2.68 bits per heavy atom. The number of carbonyl (C=O) groups excluding carboxylic acids is 1. The van der Waals surface area contributed by atoms with Gasteiger partial charge in [-0.15, -0.1) is 0 Å². The minimum Gasteiger partial charge on any atom is -0.345 e. The second kappa shape index (κ2) is 6.71. The number of nitrogens with zero attached hydrogens (tertiary/aromatic N) is 1. The predicted molar refractivity (Wildman–Crippen MR) is 78.1 cm³/mol. The highest BCUT2D eigenvalue weighted by molar-refractivity contribution is 5.78. The van der Waals surface area contributed by atoms with E-state index < -0.39 is 0 Å². The Balaban J connectivity index is 1.87. The summed E-state index contributed by atoms with van der Waals surface area (Å²) in [7, 11) is 1.93. The number of piperidine rings is 1. The van der Waals surface area contributed by atoms with Crippen LogP contribution in [-0.2, 0) is 11.2 Å². The molecule has 3 heteroatoms. The van der Waals surface area contributed by atoms with Crippen LogP contribution in [0.3, 0.4) is 0 Å². The van der Waals surface area contributed by atoms with Gasteiger partial charge >= 0.3 is 0 Å². The van der Waals surface area contributed by atoms with Gasteiger partial charge in [-0.2, -0.15) is 0 Å². The molecule has 1 aliphatic rings. The van der Waals surface area contributed by atoms with Crippen molar-refractivity contribution >= 4 is 5.91 Å². The van der Waals surface area contributed by atoms with Crippen molar-refractivity contribution in [2.24, 2.45) is 5.92 Å². The van der Waals surface area contributed by atoms with Crippen LogP contribution in [0.25, 0.3) is 0 Å². The van der Waals surface area contributed by atoms with Gasteiger partial charge in [0.2, 0.25) is 5.91 Å². The highest BCUT2D eigenvalue weighted by atomic mass is 16.2. The van der Waals surface area contributed by atoms with Crippen molar-refractivity contribution < 1.29 is 4.79 Å². The Kier molecular flexibility index (Phi) is 4.97. The van der Waals surface area contributed by atoms with Crippen molar-refractivity contribution in [2.45, 2.75) is 26.2 Å². The Morgan fingerprint density at radius 2 is 2.00 bits per heavy atom. The minimum absolute atomic E-state index is 0.229. The van der Waals surface area contributed by atoms with Crippen LogP contribution in [0, 0.1) is 12.8 Å². The van der Waals surface area contributed by atoms with E-state index >= 15 is 0 Å². The molecule has 0 aliphatic carbocycles. The average Bonchev–Trinajstić information content (AvgIpc) is 2.42. The van der Waals surface area contributed by atoms with Gasteiger partial charge in [-0.05, 0) is 49.9 Å². The van der Waals surface area contributed by atoms with Crippen LogP contribution >= 0.6 is 0 Å². The van der Waals surface area contributed by atoms with E-state index in [1.165, 1.54) is 18.4 Å². The van der Waals surface area contributed by atoms with Crippen LogP contribution in [0.15, 0.2) is 24.3 Å². The maximum atomic E-state index is 12.2. The van der Waals surface area contributed by atoms with Gasteiger partial charge in [0.1, 0.15) is 0 Å². The highest BCUT2D eigenvalue weighted by Gasteiger charge is 2.18. The second-order valence-corrected chi connectivity index (χ2v) is 5.57. The van der Waals surface area contributed by atoms with Gasteiger partial charge in [0, 0.05) is 13.6 Å². The van der Waals surface area contributed by atoms with Crippen LogP contribution in [0.1, 0.15) is 24.0 Å². The SMILES string of the molecule is Cc1ccccc1CC(=O)N(C)CC1CCNCC1. The summed E-state index contributed by atoms with van der Waals surface area (Å²) in [6.07, 6.45) is 2.89. The van der Waals surface area contributed by atoms with Gasteiger partial charge in [0.05, 0.1) is 6.42 Å². The number of rotatable bonds is 4. The van der Waals surface area contributed by atoms with Gasteiger partial charge < -0.3 is 10.2 Å². The monoisotopic (exact) mass is 260 g/mol. The first-order chi connectivity index (χ1) is 9.16. The van der Waals surface area contributed by atoms with E-state index in [1.54, 1.807) is 0 Å². The average molecular weight is 260 g/mol. The molecule has 0 radical (unpaired) electrons. The van der Waals surface area contributed by atoms with Crippen molar-refractivity contribution in [1.82, 2.24) is 10.2 Å². The molecule has 1 aromatic carbocycles. The molecule has 1 aliphatic heterocycles. The first-order valence-corrected chi connectivity index (χ1v) is 7.16. The molecular weight excluding hydrogens is 236 g/mol. The van der Waals surface area contributed by atoms with Crippen LogP contribution in [0.2, 0.25) is 0 Å². The number of amides is 1. The van der Waals surface area contributed by atoms with Crippen molar-refractivity contribution in [3.05, 3.63) is 35.4 Å². The first-order valence-electron chi connectivity index (χ1n) is 7.16. The molecule has 1 fully saturated rings. The standard InChI is InChI=1S/C16H24N2O/c1-13-5-3-4-6-15(13)11-16(19)18(2)12-14-7-9-17-10-8-14/h3-6,14,17H,7-12H2,1-2H3. The molecule has 1 saturated heterocycles. The number of benzene rings is 1. The smallest absolute Gasteiger partial charge is 0.226 e. The summed E-state index contributed by atoms with van der Waals surface area (Å²) < 4.78 is 0. The zero-order valence-corrected chi connectivity index (χ0v) is 12.0. The lowest BCUT2D eigenvalue weighted by molar-refractivity contribution is -0.129. The van der Waals surface area contributed by atoms with E-state index in [9.17, 15) is 4.79 Å². The number of carbonyl (C=O) groups is 1. The largest absolute Gasteiger partial charge is 0.345 e. The van der Waals surface area contributed by atoms with E-state index in [4.69, 9.17) is 0 Å². The van der Waals surface area contributed by atoms with Gasteiger partial charge in [-0.3, -0.25) is 4.79 Å². The number of likely N-dealkylation sites (N-methyl/N-ethyl adjacent to an activating group) is 1. The van der Waals surface area contributed by atoms with Gasteiger partial charge in [-0.1, -0.05) is 24.3 Å². The van der Waals surface area contributed by atoms with Gasteiger partial charge in [0.15, 0.2) is 0 Å². The summed E-state index contributed by atoms with van der Waals surface area (Å²) in [6.45, 7) is 5.14. The van der Waals surface area contributed by atoms with Crippen molar-refractivity contribution in [2.75, 3.05) is 26.7 Å². The summed E-state index contributed by atoms with van der Waals surface area (Å²) in [5.41, 5.74) is 2.34. The van der Waals surface area contributed by atoms with E-state index in [0.29, 0.717) is 12.3 Å². The van der Waals surface area contributed by atoms with Crippen molar-refractivity contribution in [1.29, 1.82) is 0 Å². The molecule has 19 heavy (non-hydrogen) atoms. The maximum Gasteiger partial charge on any atom is 0.226 e. The summed E-state index contributed by atoms with van der Waals surface area (Å²) in [6, 6.07) is 8.13. The summed E-state index contributed by atoms with van der Waals surface area (Å²) in [4.78, 5) is 14.2. The molecule has 1 N–H and O–H groups in total. The van der Waals surface area contributed by atoms with Crippen LogP contribution in [0.4, 0.5) is 0 Å². The summed E-state index contributed by atoms with van der Waals surface area (Å²) >= 11 is 0. The molecule has 1 aromatic rings. The number of nitrogens with one attached hydrogen (secondary N) is 1. The Labute approximate surface area is 116 Å². The molecule has 0 aromatic heterocycles. The lowest BCUT2D eigenvalue weighted by Gasteiger charge is -2.27. The zero-order valence-electron chi connectivity index (χ0n) is 12.0. The van der Waals surface area contributed by atoms with E-state index in [1.807, 2.05) is 30.1 Å². The first kappa shape index (κ1) is 14.1. The fraction of sp³-hybridized carbons (Fsp3) is 0.562. The van der Waals surface area contributed by atoms with E-state index in [-0.39, 0.29) is 5.91 Å². The number of hydrogen-bond acceptors (Lipinski definition) is 2. The van der Waals surface area contributed by atoms with Crippen LogP contribution in [-0.4, -0.2) is 37.5 Å². The minimum atomic E-state index is 0.229. The third-order valence-electron chi connectivity index (χ3n) is 4.02. The molecule has 0 atom stereocenters. The lowest BCUT2D eigenvalue weighted by atomic mass is 9.97. The molecule has 1 heterocycles. The molecule has 2 rings (SSSR count). The normalized spacial score (nSPS) is 16.3. The zero-order chi connectivity index (χ0) is 13.7. The molecule has 0 unspecified atom stereocenters. The third-order valence-corrected chi connectivity index (χ3v) is 4.02. The molecular formula is C16H24N2O. The second-order valence-electron chi connectivity index (χ2n) is 5.57. The van der Waals surface area contributed by atoms with Crippen molar-refractivity contribution in [3.63, 3.8) is 0 Å². The van der Waals surface area contributed by atoms with Crippen LogP contribution in [0.5, 0.6) is 0 Å². The summed E-state index contributed by atoms with van der Waals surface area (Å²) in [5.74, 6) is 0.889. The van der Waals surface area contributed by atoms with E-state index in [2.05, 4.69) is 18.3 Å². The number of aryl methyl sites for hydroxylation is 1. The van der Waals surface area contributed by atoms with Gasteiger partial charge in [0.25, 0.3) is 0 Å². The maximum absolute atomic E-state index is 12.2. The molecule has 0 spiro atoms. The van der Waals surface area contributed by atoms with E-state index in [0.717, 1.165) is 25.2 Å². The third kappa shape index (κ3) is 4.06. The Bertz CT molecular complexity index is 425. The lowest BCUT2D eigenvalue weighted by Crippen LogP contribution is -2.37. The Hall–Kier alpha value is -1.35. The topological polar surface area (TPSA) is 32.3 Å². The van der Waals surface area contributed by atoms with Gasteiger partial charge in [-0.25, -0.2) is 0 Å². The Morgan fingerprint density at radius 1 is 1.32 bits per heavy atom. The molecule has 0 saturated carbocycles. The summed E-state index contributed by atoms with van der Waals surface area (Å²) in [5, 5.41) is 3.36. The number of hydrogen-bond donors (Lipinski definition) is 1.